The van der Waals surface area contributed by atoms with Crippen LogP contribution < -0.4 is 5.73 Å². The predicted octanol–water partition coefficient (Wildman–Crippen LogP) is 6.00. The highest BCUT2D eigenvalue weighted by molar-refractivity contribution is 5.86. The van der Waals surface area contributed by atoms with Gasteiger partial charge in [-0.05, 0) is 47.5 Å². The van der Waals surface area contributed by atoms with Gasteiger partial charge in [-0.15, -0.1) is 0 Å². The third-order valence-corrected chi connectivity index (χ3v) is 4.44. The molecule has 0 saturated carbocycles. The molecule has 1 aromatic heterocycles. The number of aromatic nitrogens is 2. The SMILES string of the molecule is Nc1ccccc1-c1ccc2[nH]c(/C=C/c3ccc(C(F)(F)F)cc3)nc2c1. The van der Waals surface area contributed by atoms with E-state index >= 15 is 0 Å². The molecule has 0 unspecified atom stereocenters. The number of aromatic amines is 1. The van der Waals surface area contributed by atoms with E-state index in [0.717, 1.165) is 34.3 Å². The molecular formula is C22H16F3N3. The Labute approximate surface area is 159 Å². The molecule has 28 heavy (non-hydrogen) atoms. The molecule has 0 aliphatic rings. The van der Waals surface area contributed by atoms with Crippen LogP contribution in [0.3, 0.4) is 0 Å². The minimum Gasteiger partial charge on any atom is -0.398 e. The van der Waals surface area contributed by atoms with Crippen LogP contribution in [0.25, 0.3) is 34.3 Å². The van der Waals surface area contributed by atoms with Crippen molar-refractivity contribution in [3.05, 3.63) is 83.7 Å². The summed E-state index contributed by atoms with van der Waals surface area (Å²) in [6.07, 6.45) is -0.881. The molecule has 0 atom stereocenters. The average molecular weight is 379 g/mol. The Morgan fingerprint density at radius 3 is 2.36 bits per heavy atom. The highest BCUT2D eigenvalue weighted by Gasteiger charge is 2.29. The molecule has 0 radical (unpaired) electrons. The number of alkyl halides is 3. The number of anilines is 1. The topological polar surface area (TPSA) is 54.7 Å². The Kier molecular flexibility index (Phi) is 4.39. The first-order valence-electron chi connectivity index (χ1n) is 8.60. The average Bonchev–Trinajstić information content (AvgIpc) is 3.08. The number of rotatable bonds is 3. The van der Waals surface area contributed by atoms with Crippen LogP contribution in [-0.4, -0.2) is 9.97 Å². The molecule has 0 aliphatic heterocycles. The second-order valence-electron chi connectivity index (χ2n) is 6.39. The molecule has 0 aliphatic carbocycles. The number of hydrogen-bond donors (Lipinski definition) is 2. The van der Waals surface area contributed by atoms with E-state index in [1.807, 2.05) is 42.5 Å². The van der Waals surface area contributed by atoms with E-state index in [1.165, 1.54) is 12.1 Å². The number of benzene rings is 3. The number of nitrogens with two attached hydrogens (primary N) is 1. The van der Waals surface area contributed by atoms with Gasteiger partial charge in [0.2, 0.25) is 0 Å². The van der Waals surface area contributed by atoms with Gasteiger partial charge in [0.15, 0.2) is 0 Å². The van der Waals surface area contributed by atoms with Crippen molar-refractivity contribution in [3.8, 4) is 11.1 Å². The molecule has 3 N–H and O–H groups in total. The maximum absolute atomic E-state index is 12.6. The number of nitrogens with one attached hydrogen (secondary N) is 1. The summed E-state index contributed by atoms with van der Waals surface area (Å²) in [4.78, 5) is 7.72. The molecule has 0 saturated heterocycles. The summed E-state index contributed by atoms with van der Waals surface area (Å²) >= 11 is 0. The Bertz CT molecular complexity index is 1160. The van der Waals surface area contributed by atoms with Crippen molar-refractivity contribution in [1.82, 2.24) is 9.97 Å². The van der Waals surface area contributed by atoms with Gasteiger partial charge in [0.05, 0.1) is 16.6 Å². The lowest BCUT2D eigenvalue weighted by Gasteiger charge is -2.05. The van der Waals surface area contributed by atoms with Crippen LogP contribution in [-0.2, 0) is 6.18 Å². The van der Waals surface area contributed by atoms with Crippen LogP contribution in [0.15, 0.2) is 66.7 Å². The zero-order valence-corrected chi connectivity index (χ0v) is 14.7. The first-order chi connectivity index (χ1) is 13.4. The summed E-state index contributed by atoms with van der Waals surface area (Å²) < 4.78 is 37.9. The van der Waals surface area contributed by atoms with E-state index in [4.69, 9.17) is 5.73 Å². The van der Waals surface area contributed by atoms with E-state index in [2.05, 4.69) is 9.97 Å². The summed E-state index contributed by atoms with van der Waals surface area (Å²) in [6.45, 7) is 0. The quantitative estimate of drug-likeness (QED) is 0.429. The van der Waals surface area contributed by atoms with E-state index in [0.29, 0.717) is 17.1 Å². The molecule has 0 amide bonds. The zero-order valence-electron chi connectivity index (χ0n) is 14.7. The third kappa shape index (κ3) is 3.62. The number of nitrogens with zero attached hydrogens (tertiary/aromatic N) is 1. The molecule has 6 heteroatoms. The maximum Gasteiger partial charge on any atom is 0.416 e. The van der Waals surface area contributed by atoms with Crippen LogP contribution in [0.2, 0.25) is 0 Å². The van der Waals surface area contributed by atoms with Gasteiger partial charge in [-0.25, -0.2) is 4.98 Å². The Hall–Kier alpha value is -3.54. The minimum absolute atomic E-state index is 0.619. The fourth-order valence-electron chi connectivity index (χ4n) is 2.99. The smallest absolute Gasteiger partial charge is 0.398 e. The molecule has 4 rings (SSSR count). The van der Waals surface area contributed by atoms with Gasteiger partial charge >= 0.3 is 6.18 Å². The van der Waals surface area contributed by atoms with Crippen molar-refractivity contribution >= 4 is 28.9 Å². The maximum atomic E-state index is 12.6. The number of halogens is 3. The fraction of sp³-hybridized carbons (Fsp3) is 0.0455. The molecule has 0 bridgehead atoms. The first kappa shape index (κ1) is 17.9. The number of hydrogen-bond acceptors (Lipinski definition) is 2. The van der Waals surface area contributed by atoms with Crippen molar-refractivity contribution < 1.29 is 13.2 Å². The highest BCUT2D eigenvalue weighted by atomic mass is 19.4. The zero-order chi connectivity index (χ0) is 19.7. The van der Waals surface area contributed by atoms with E-state index in [9.17, 15) is 13.2 Å². The lowest BCUT2D eigenvalue weighted by atomic mass is 10.0. The molecular weight excluding hydrogens is 363 g/mol. The molecule has 3 nitrogen and oxygen atoms in total. The second kappa shape index (κ2) is 6.88. The Balaban J connectivity index is 1.60. The van der Waals surface area contributed by atoms with E-state index in [1.54, 1.807) is 12.2 Å². The summed E-state index contributed by atoms with van der Waals surface area (Å²) in [7, 11) is 0. The summed E-state index contributed by atoms with van der Waals surface area (Å²) in [5.41, 5.74) is 10.3. The predicted molar refractivity (Wildman–Crippen MR) is 106 cm³/mol. The van der Waals surface area contributed by atoms with Crippen LogP contribution in [0.4, 0.5) is 18.9 Å². The third-order valence-electron chi connectivity index (χ3n) is 4.44. The van der Waals surface area contributed by atoms with Crippen LogP contribution in [0.5, 0.6) is 0 Å². The van der Waals surface area contributed by atoms with Crippen LogP contribution in [0.1, 0.15) is 17.0 Å². The number of imidazole rings is 1. The van der Waals surface area contributed by atoms with Gasteiger partial charge in [0.1, 0.15) is 5.82 Å². The largest absolute Gasteiger partial charge is 0.416 e. The summed E-state index contributed by atoms with van der Waals surface area (Å²) in [5, 5.41) is 0. The Morgan fingerprint density at radius 1 is 0.893 bits per heavy atom. The van der Waals surface area contributed by atoms with Crippen molar-refractivity contribution in [1.29, 1.82) is 0 Å². The monoisotopic (exact) mass is 379 g/mol. The molecule has 0 spiro atoms. The molecule has 3 aromatic carbocycles. The van der Waals surface area contributed by atoms with Gasteiger partial charge in [-0.2, -0.15) is 13.2 Å². The van der Waals surface area contributed by atoms with Crippen LogP contribution >= 0.6 is 0 Å². The lowest BCUT2D eigenvalue weighted by molar-refractivity contribution is -0.137. The van der Waals surface area contributed by atoms with Crippen molar-refractivity contribution in [2.45, 2.75) is 6.18 Å². The number of para-hydroxylation sites is 1. The molecule has 0 fully saturated rings. The van der Waals surface area contributed by atoms with Gasteiger partial charge in [-0.1, -0.05) is 42.5 Å². The molecule has 140 valence electrons. The lowest BCUT2D eigenvalue weighted by Crippen LogP contribution is -2.03. The number of fused-ring (bicyclic) bond motifs is 1. The van der Waals surface area contributed by atoms with Crippen LogP contribution in [0, 0.1) is 0 Å². The highest BCUT2D eigenvalue weighted by Crippen LogP contribution is 2.30. The van der Waals surface area contributed by atoms with E-state index < -0.39 is 11.7 Å². The second-order valence-corrected chi connectivity index (χ2v) is 6.39. The molecule has 1 heterocycles. The van der Waals surface area contributed by atoms with Crippen molar-refractivity contribution in [3.63, 3.8) is 0 Å². The van der Waals surface area contributed by atoms with Gasteiger partial charge < -0.3 is 10.7 Å². The minimum atomic E-state index is -4.33. The Morgan fingerprint density at radius 2 is 1.64 bits per heavy atom. The number of H-pyrrole nitrogens is 1. The normalized spacial score (nSPS) is 12.1. The summed E-state index contributed by atoms with van der Waals surface area (Å²) in [5.74, 6) is 0.619. The number of nitrogen functional groups attached to an aromatic ring is 1. The van der Waals surface area contributed by atoms with E-state index in [-0.39, 0.29) is 0 Å². The van der Waals surface area contributed by atoms with Crippen molar-refractivity contribution in [2.24, 2.45) is 0 Å². The fourth-order valence-corrected chi connectivity index (χ4v) is 2.99. The first-order valence-corrected chi connectivity index (χ1v) is 8.60. The van der Waals surface area contributed by atoms with Gasteiger partial charge in [0.25, 0.3) is 0 Å². The molecule has 4 aromatic rings. The van der Waals surface area contributed by atoms with Gasteiger partial charge in [-0.3, -0.25) is 0 Å². The van der Waals surface area contributed by atoms with Gasteiger partial charge in [0, 0.05) is 11.3 Å². The standard InChI is InChI=1S/C22H16F3N3/c23-22(24,25)16-9-5-14(6-10-16)7-12-21-27-19-11-8-15(13-20(19)28-21)17-3-1-2-4-18(17)26/h1-13H,26H2,(H,27,28)/b12-7+. The van der Waals surface area contributed by atoms with Crippen molar-refractivity contribution in [2.75, 3.05) is 5.73 Å². The summed E-state index contributed by atoms with van der Waals surface area (Å²) in [6, 6.07) is 18.5.